The average Bonchev–Trinajstić information content (AvgIpc) is 2.78. The summed E-state index contributed by atoms with van der Waals surface area (Å²) >= 11 is 0. The molecule has 2 amide bonds. The zero-order valence-corrected chi connectivity index (χ0v) is 20.4. The maximum atomic E-state index is 13.2. The number of amides is 2. The second-order valence-electron chi connectivity index (χ2n) is 8.72. The summed E-state index contributed by atoms with van der Waals surface area (Å²) in [6.07, 6.45) is 0.160. The predicted molar refractivity (Wildman–Crippen MR) is 130 cm³/mol. The van der Waals surface area contributed by atoms with Gasteiger partial charge < -0.3 is 25.2 Å². The lowest BCUT2D eigenvalue weighted by molar-refractivity contribution is -0.138. The highest BCUT2D eigenvalue weighted by Gasteiger charge is 2.27. The lowest BCUT2D eigenvalue weighted by Crippen LogP contribution is -2.37. The smallest absolute Gasteiger partial charge is 0.305 e. The number of aliphatic carboxylic acids is 1. The van der Waals surface area contributed by atoms with E-state index >= 15 is 0 Å². The molecule has 0 spiro atoms. The summed E-state index contributed by atoms with van der Waals surface area (Å²) < 4.78 is 10.6. The lowest BCUT2D eigenvalue weighted by atomic mass is 9.92. The van der Waals surface area contributed by atoms with Crippen molar-refractivity contribution >= 4 is 23.5 Å². The number of carbonyl (C=O) groups is 3. The monoisotopic (exact) mass is 470 g/mol. The summed E-state index contributed by atoms with van der Waals surface area (Å²) in [7, 11) is 2.99. The minimum absolute atomic E-state index is 0.0103. The number of anilines is 1. The molecule has 0 aromatic heterocycles. The van der Waals surface area contributed by atoms with Crippen LogP contribution in [0.5, 0.6) is 11.5 Å². The Kier molecular flexibility index (Phi) is 9.92. The van der Waals surface area contributed by atoms with Crippen molar-refractivity contribution in [3.05, 3.63) is 53.6 Å². The number of hydrogen-bond donors (Lipinski definition) is 3. The molecule has 0 bridgehead atoms. The minimum Gasteiger partial charge on any atom is -0.493 e. The van der Waals surface area contributed by atoms with Crippen molar-refractivity contribution in [2.24, 2.45) is 11.8 Å². The Morgan fingerprint density at radius 2 is 1.59 bits per heavy atom. The van der Waals surface area contributed by atoms with Gasteiger partial charge in [0.05, 0.1) is 26.7 Å². The summed E-state index contributed by atoms with van der Waals surface area (Å²) in [4.78, 5) is 37.4. The molecule has 8 heteroatoms. The van der Waals surface area contributed by atoms with Crippen molar-refractivity contribution in [1.82, 2.24) is 5.32 Å². The van der Waals surface area contributed by atoms with Gasteiger partial charge in [-0.1, -0.05) is 37.6 Å². The molecule has 2 atom stereocenters. The summed E-state index contributed by atoms with van der Waals surface area (Å²) in [6.45, 7) is 5.91. The Labute approximate surface area is 200 Å². The Hall–Kier alpha value is -3.55. The van der Waals surface area contributed by atoms with Crippen LogP contribution in [0.15, 0.2) is 42.5 Å². The predicted octanol–water partition coefficient (Wildman–Crippen LogP) is 4.34. The number of carboxylic acid groups (broad SMARTS) is 1. The largest absolute Gasteiger partial charge is 0.493 e. The average molecular weight is 471 g/mol. The standard InChI is InChI=1S/C26H34N2O6/c1-16(2)12-19(14-24(29)27-20-9-6-17(3)7-10-20)26(32)28-21(15-25(30)31)18-8-11-22(33-4)23(13-18)34-5/h6-11,13,16,19,21H,12,14-15H2,1-5H3,(H,27,29)(H,28,32)(H,30,31). The van der Waals surface area contributed by atoms with Crippen LogP contribution in [-0.4, -0.2) is 37.1 Å². The van der Waals surface area contributed by atoms with Gasteiger partial charge in [0.15, 0.2) is 11.5 Å². The van der Waals surface area contributed by atoms with E-state index in [4.69, 9.17) is 9.47 Å². The van der Waals surface area contributed by atoms with Crippen LogP contribution in [0.25, 0.3) is 0 Å². The quantitative estimate of drug-likeness (QED) is 0.425. The zero-order chi connectivity index (χ0) is 25.3. The first kappa shape index (κ1) is 26.7. The summed E-state index contributed by atoms with van der Waals surface area (Å²) in [5.41, 5.74) is 2.31. The van der Waals surface area contributed by atoms with Gasteiger partial charge in [-0.05, 0) is 49.1 Å². The Morgan fingerprint density at radius 1 is 0.941 bits per heavy atom. The van der Waals surface area contributed by atoms with Gasteiger partial charge in [-0.15, -0.1) is 0 Å². The maximum absolute atomic E-state index is 13.2. The van der Waals surface area contributed by atoms with Crippen LogP contribution in [0.1, 0.15) is 50.3 Å². The van der Waals surface area contributed by atoms with Crippen molar-refractivity contribution in [1.29, 1.82) is 0 Å². The molecule has 0 aliphatic carbocycles. The van der Waals surface area contributed by atoms with E-state index in [0.29, 0.717) is 29.2 Å². The van der Waals surface area contributed by atoms with Crippen LogP contribution >= 0.6 is 0 Å². The van der Waals surface area contributed by atoms with E-state index in [-0.39, 0.29) is 30.6 Å². The van der Waals surface area contributed by atoms with E-state index in [1.165, 1.54) is 14.2 Å². The molecular formula is C26H34N2O6. The third-order valence-electron chi connectivity index (χ3n) is 5.40. The van der Waals surface area contributed by atoms with Gasteiger partial charge in [-0.25, -0.2) is 0 Å². The van der Waals surface area contributed by atoms with Crippen LogP contribution in [0.4, 0.5) is 5.69 Å². The molecule has 3 N–H and O–H groups in total. The van der Waals surface area contributed by atoms with Crippen molar-refractivity contribution in [3.8, 4) is 11.5 Å². The van der Waals surface area contributed by atoms with E-state index in [2.05, 4.69) is 10.6 Å². The molecule has 34 heavy (non-hydrogen) atoms. The Morgan fingerprint density at radius 3 is 2.15 bits per heavy atom. The van der Waals surface area contributed by atoms with Gasteiger partial charge in [-0.3, -0.25) is 14.4 Å². The zero-order valence-electron chi connectivity index (χ0n) is 20.4. The second kappa shape index (κ2) is 12.6. The molecule has 0 fully saturated rings. The molecule has 2 unspecified atom stereocenters. The number of hydrogen-bond acceptors (Lipinski definition) is 5. The van der Waals surface area contributed by atoms with Crippen LogP contribution in [0.3, 0.4) is 0 Å². The molecule has 0 saturated carbocycles. The lowest BCUT2D eigenvalue weighted by Gasteiger charge is -2.24. The van der Waals surface area contributed by atoms with Crippen LogP contribution < -0.4 is 20.1 Å². The van der Waals surface area contributed by atoms with Gasteiger partial charge in [0.1, 0.15) is 0 Å². The fourth-order valence-electron chi connectivity index (χ4n) is 3.71. The van der Waals surface area contributed by atoms with Crippen molar-refractivity contribution in [2.75, 3.05) is 19.5 Å². The normalized spacial score (nSPS) is 12.5. The first-order valence-corrected chi connectivity index (χ1v) is 11.2. The third kappa shape index (κ3) is 8.10. The molecular weight excluding hydrogens is 436 g/mol. The van der Waals surface area contributed by atoms with Gasteiger partial charge in [-0.2, -0.15) is 0 Å². The highest BCUT2D eigenvalue weighted by Crippen LogP contribution is 2.31. The second-order valence-corrected chi connectivity index (χ2v) is 8.72. The summed E-state index contributed by atoms with van der Waals surface area (Å²) in [6, 6.07) is 11.6. The van der Waals surface area contributed by atoms with E-state index in [1.54, 1.807) is 18.2 Å². The number of nitrogens with one attached hydrogen (secondary N) is 2. The van der Waals surface area contributed by atoms with E-state index < -0.39 is 17.9 Å². The molecule has 2 aromatic rings. The summed E-state index contributed by atoms with van der Waals surface area (Å²) in [5.74, 6) is -1.21. The van der Waals surface area contributed by atoms with Crippen LogP contribution in [-0.2, 0) is 14.4 Å². The maximum Gasteiger partial charge on any atom is 0.305 e. The molecule has 8 nitrogen and oxygen atoms in total. The first-order chi connectivity index (χ1) is 16.1. The molecule has 0 aliphatic heterocycles. The van der Waals surface area contributed by atoms with Crippen LogP contribution in [0.2, 0.25) is 0 Å². The van der Waals surface area contributed by atoms with E-state index in [1.807, 2.05) is 45.0 Å². The van der Waals surface area contributed by atoms with E-state index in [0.717, 1.165) is 5.56 Å². The minimum atomic E-state index is -1.06. The van der Waals surface area contributed by atoms with Crippen molar-refractivity contribution < 1.29 is 29.0 Å². The Balaban J connectivity index is 2.19. The van der Waals surface area contributed by atoms with Gasteiger partial charge in [0.25, 0.3) is 0 Å². The van der Waals surface area contributed by atoms with Crippen molar-refractivity contribution in [2.45, 2.75) is 46.1 Å². The van der Waals surface area contributed by atoms with Gasteiger partial charge in [0, 0.05) is 18.0 Å². The number of methoxy groups -OCH3 is 2. The number of carboxylic acids is 1. The fraction of sp³-hybridized carbons (Fsp3) is 0.423. The molecule has 0 heterocycles. The number of benzene rings is 2. The van der Waals surface area contributed by atoms with Gasteiger partial charge >= 0.3 is 5.97 Å². The Bertz CT molecular complexity index is 987. The number of carbonyl (C=O) groups excluding carboxylic acids is 2. The highest BCUT2D eigenvalue weighted by atomic mass is 16.5. The molecule has 0 saturated heterocycles. The first-order valence-electron chi connectivity index (χ1n) is 11.2. The molecule has 0 radical (unpaired) electrons. The van der Waals surface area contributed by atoms with E-state index in [9.17, 15) is 19.5 Å². The van der Waals surface area contributed by atoms with Gasteiger partial charge in [0.2, 0.25) is 11.8 Å². The third-order valence-corrected chi connectivity index (χ3v) is 5.40. The topological polar surface area (TPSA) is 114 Å². The SMILES string of the molecule is COc1ccc(C(CC(=O)O)NC(=O)C(CC(=O)Nc2ccc(C)cc2)CC(C)C)cc1OC. The van der Waals surface area contributed by atoms with Crippen molar-refractivity contribution in [3.63, 3.8) is 0 Å². The number of rotatable bonds is 12. The molecule has 2 aromatic carbocycles. The number of ether oxygens (including phenoxy) is 2. The molecule has 184 valence electrons. The number of aryl methyl sites for hydroxylation is 1. The molecule has 0 aliphatic rings. The summed E-state index contributed by atoms with van der Waals surface area (Å²) in [5, 5.41) is 15.1. The fourth-order valence-corrected chi connectivity index (χ4v) is 3.71. The highest BCUT2D eigenvalue weighted by molar-refractivity contribution is 5.94. The van der Waals surface area contributed by atoms with Crippen LogP contribution in [0, 0.1) is 18.8 Å². The molecule has 2 rings (SSSR count).